The Morgan fingerprint density at radius 2 is 1.92 bits per heavy atom. The Labute approximate surface area is 73.9 Å². The fraction of sp³-hybridized carbons (Fsp3) is 0.250. The van der Waals surface area contributed by atoms with Crippen molar-refractivity contribution in [2.45, 2.75) is 11.3 Å². The summed E-state index contributed by atoms with van der Waals surface area (Å²) < 4.78 is 19.2. The monoisotopic (exact) mass is 185 g/mol. The molecule has 0 saturated heterocycles. The molecule has 1 rings (SSSR count). The molecule has 12 heavy (non-hydrogen) atoms. The van der Waals surface area contributed by atoms with Crippen molar-refractivity contribution in [3.63, 3.8) is 0 Å². The molecule has 0 aliphatic carbocycles. The first-order valence-corrected chi connectivity index (χ1v) is 4.74. The second-order valence-corrected chi connectivity index (χ2v) is 3.40. The molecule has 0 aliphatic heterocycles. The first-order valence-electron chi connectivity index (χ1n) is 3.64. The molecule has 3 nitrogen and oxygen atoms in total. The summed E-state index contributed by atoms with van der Waals surface area (Å²) in [7, 11) is 0. The highest BCUT2D eigenvalue weighted by Crippen LogP contribution is 2.07. The highest BCUT2D eigenvalue weighted by atomic mass is 32.2. The second kappa shape index (κ2) is 4.35. The summed E-state index contributed by atoms with van der Waals surface area (Å²) in [5.41, 5.74) is 6.44. The van der Waals surface area contributed by atoms with E-state index in [4.69, 9.17) is 10.3 Å². The van der Waals surface area contributed by atoms with E-state index in [-0.39, 0.29) is 0 Å². The maximum absolute atomic E-state index is 10.6. The summed E-state index contributed by atoms with van der Waals surface area (Å²) in [5.74, 6) is 0. The van der Waals surface area contributed by atoms with Crippen molar-refractivity contribution in [1.29, 1.82) is 0 Å². The van der Waals surface area contributed by atoms with Gasteiger partial charge in [0, 0.05) is 0 Å². The normalized spacial score (nSPS) is 12.8. The van der Waals surface area contributed by atoms with Gasteiger partial charge in [0.1, 0.15) is 0 Å². The Morgan fingerprint density at radius 3 is 2.33 bits per heavy atom. The van der Waals surface area contributed by atoms with Crippen molar-refractivity contribution in [1.82, 2.24) is 0 Å². The van der Waals surface area contributed by atoms with E-state index in [1.165, 1.54) is 0 Å². The highest BCUT2D eigenvalue weighted by Gasteiger charge is 1.98. The number of benzene rings is 1. The van der Waals surface area contributed by atoms with Crippen LogP contribution in [0.25, 0.3) is 0 Å². The minimum absolute atomic E-state index is 0.427. The molecule has 0 heterocycles. The lowest BCUT2D eigenvalue weighted by atomic mass is 10.2. The van der Waals surface area contributed by atoms with Gasteiger partial charge >= 0.3 is 0 Å². The molecule has 0 fully saturated rings. The zero-order valence-electron chi connectivity index (χ0n) is 6.56. The maximum Gasteiger partial charge on any atom is 0.186 e. The Morgan fingerprint density at radius 1 is 1.33 bits per heavy atom. The van der Waals surface area contributed by atoms with Crippen molar-refractivity contribution < 1.29 is 8.76 Å². The lowest BCUT2D eigenvalue weighted by Crippen LogP contribution is -2.02. The summed E-state index contributed by atoms with van der Waals surface area (Å²) >= 11 is -1.87. The summed E-state index contributed by atoms with van der Waals surface area (Å²) in [6.45, 7) is 0.599. The SMILES string of the molecule is NCCc1ccc(S(=O)O)cc1. The fourth-order valence-electron chi connectivity index (χ4n) is 0.939. The van der Waals surface area contributed by atoms with Gasteiger partial charge in [-0.2, -0.15) is 0 Å². The molecule has 0 saturated carbocycles. The zero-order valence-corrected chi connectivity index (χ0v) is 7.38. The molecule has 1 aromatic carbocycles. The molecule has 0 aliphatic rings. The first-order chi connectivity index (χ1) is 5.74. The van der Waals surface area contributed by atoms with Crippen molar-refractivity contribution in [3.8, 4) is 0 Å². The average Bonchev–Trinajstić information content (AvgIpc) is 2.06. The lowest BCUT2D eigenvalue weighted by molar-refractivity contribution is 0.564. The van der Waals surface area contributed by atoms with E-state index in [0.717, 1.165) is 12.0 Å². The van der Waals surface area contributed by atoms with E-state index in [2.05, 4.69) is 0 Å². The van der Waals surface area contributed by atoms with Crippen LogP contribution in [0.5, 0.6) is 0 Å². The fourth-order valence-corrected chi connectivity index (χ4v) is 1.31. The van der Waals surface area contributed by atoms with E-state index >= 15 is 0 Å². The van der Waals surface area contributed by atoms with E-state index in [1.54, 1.807) is 12.1 Å². The maximum atomic E-state index is 10.6. The minimum atomic E-state index is -1.87. The van der Waals surface area contributed by atoms with Crippen LogP contribution in [0.1, 0.15) is 5.56 Å². The number of rotatable bonds is 3. The van der Waals surface area contributed by atoms with Gasteiger partial charge in [0.15, 0.2) is 11.1 Å². The van der Waals surface area contributed by atoms with E-state index in [9.17, 15) is 4.21 Å². The average molecular weight is 185 g/mol. The summed E-state index contributed by atoms with van der Waals surface area (Å²) in [6, 6.07) is 6.91. The standard InChI is InChI=1S/C8H11NO2S/c9-6-5-7-1-3-8(4-2-7)12(10)11/h1-4H,5-6,9H2,(H,10,11). The lowest BCUT2D eigenvalue weighted by Gasteiger charge is -1.98. The Balaban J connectivity index is 2.78. The predicted molar refractivity (Wildman–Crippen MR) is 48.2 cm³/mol. The molecule has 66 valence electrons. The van der Waals surface area contributed by atoms with Gasteiger partial charge < -0.3 is 10.3 Å². The van der Waals surface area contributed by atoms with Crippen molar-refractivity contribution in [3.05, 3.63) is 29.8 Å². The van der Waals surface area contributed by atoms with Gasteiger partial charge in [0.05, 0.1) is 4.90 Å². The Bertz CT molecular complexity index is 271. The molecule has 0 radical (unpaired) electrons. The van der Waals surface area contributed by atoms with Gasteiger partial charge in [-0.05, 0) is 30.7 Å². The number of nitrogens with two attached hydrogens (primary N) is 1. The Hall–Kier alpha value is -0.710. The second-order valence-electron chi connectivity index (χ2n) is 2.43. The topological polar surface area (TPSA) is 63.3 Å². The van der Waals surface area contributed by atoms with Gasteiger partial charge in [-0.1, -0.05) is 12.1 Å². The first kappa shape index (κ1) is 9.38. The van der Waals surface area contributed by atoms with Crippen molar-refractivity contribution in [2.75, 3.05) is 6.54 Å². The van der Waals surface area contributed by atoms with Gasteiger partial charge in [0.25, 0.3) is 0 Å². The number of hydrogen-bond donors (Lipinski definition) is 2. The van der Waals surface area contributed by atoms with Crippen LogP contribution in [0.3, 0.4) is 0 Å². The molecular formula is C8H11NO2S. The summed E-state index contributed by atoms with van der Waals surface area (Å²) in [5, 5.41) is 0. The molecule has 0 bridgehead atoms. The summed E-state index contributed by atoms with van der Waals surface area (Å²) in [6.07, 6.45) is 0.804. The molecule has 1 atom stereocenters. The van der Waals surface area contributed by atoms with Crippen LogP contribution in [0.2, 0.25) is 0 Å². The van der Waals surface area contributed by atoms with Crippen LogP contribution in [-0.4, -0.2) is 15.3 Å². The molecular weight excluding hydrogens is 174 g/mol. The van der Waals surface area contributed by atoms with Crippen LogP contribution in [0.4, 0.5) is 0 Å². The molecule has 0 spiro atoms. The third-order valence-electron chi connectivity index (χ3n) is 1.56. The minimum Gasteiger partial charge on any atom is -0.330 e. The van der Waals surface area contributed by atoms with Crippen LogP contribution < -0.4 is 5.73 Å². The van der Waals surface area contributed by atoms with E-state index < -0.39 is 11.1 Å². The molecule has 4 heteroatoms. The quantitative estimate of drug-likeness (QED) is 0.684. The molecule has 0 amide bonds. The molecule has 1 aromatic rings. The van der Waals surface area contributed by atoms with E-state index in [0.29, 0.717) is 11.4 Å². The van der Waals surface area contributed by atoms with Gasteiger partial charge in [-0.3, -0.25) is 0 Å². The van der Waals surface area contributed by atoms with E-state index in [1.807, 2.05) is 12.1 Å². The smallest absolute Gasteiger partial charge is 0.186 e. The molecule has 1 unspecified atom stereocenters. The van der Waals surface area contributed by atoms with Gasteiger partial charge in [-0.15, -0.1) is 0 Å². The van der Waals surface area contributed by atoms with Crippen molar-refractivity contribution >= 4 is 11.1 Å². The number of hydrogen-bond acceptors (Lipinski definition) is 2. The summed E-state index contributed by atoms with van der Waals surface area (Å²) in [4.78, 5) is 0.427. The zero-order chi connectivity index (χ0) is 8.97. The Kier molecular flexibility index (Phi) is 3.40. The van der Waals surface area contributed by atoms with Crippen LogP contribution >= 0.6 is 0 Å². The highest BCUT2D eigenvalue weighted by molar-refractivity contribution is 7.79. The van der Waals surface area contributed by atoms with Crippen LogP contribution in [0, 0.1) is 0 Å². The van der Waals surface area contributed by atoms with Gasteiger partial charge in [0.2, 0.25) is 0 Å². The largest absolute Gasteiger partial charge is 0.330 e. The third kappa shape index (κ3) is 2.41. The third-order valence-corrected chi connectivity index (χ3v) is 2.23. The molecule has 0 aromatic heterocycles. The molecule has 3 N–H and O–H groups in total. The van der Waals surface area contributed by atoms with Gasteiger partial charge in [-0.25, -0.2) is 4.21 Å². The van der Waals surface area contributed by atoms with Crippen LogP contribution in [-0.2, 0) is 17.5 Å². The van der Waals surface area contributed by atoms with Crippen LogP contribution in [0.15, 0.2) is 29.2 Å². The predicted octanol–water partition coefficient (Wildman–Crippen LogP) is 0.768. The van der Waals surface area contributed by atoms with Crippen molar-refractivity contribution in [2.24, 2.45) is 5.73 Å².